The minimum atomic E-state index is -0.939. The maximum absolute atomic E-state index is 10.9. The zero-order valence-corrected chi connectivity index (χ0v) is 11.2. The van der Waals surface area contributed by atoms with E-state index in [9.17, 15) is 4.79 Å². The van der Waals surface area contributed by atoms with Crippen molar-refractivity contribution < 1.29 is 9.90 Å². The average molecular weight is 256 g/mol. The van der Waals surface area contributed by atoms with Crippen LogP contribution in [0.4, 0.5) is 5.69 Å². The van der Waals surface area contributed by atoms with Crippen molar-refractivity contribution in [1.29, 1.82) is 0 Å². The summed E-state index contributed by atoms with van der Waals surface area (Å²) in [5.41, 5.74) is 4.02. The highest BCUT2D eigenvalue weighted by atomic mass is 16.4. The Morgan fingerprint density at radius 2 is 2.00 bits per heavy atom. The molecule has 4 nitrogen and oxygen atoms in total. The molecule has 0 aliphatic heterocycles. The average Bonchev–Trinajstić information content (AvgIpc) is 2.69. The van der Waals surface area contributed by atoms with Gasteiger partial charge in [0.2, 0.25) is 0 Å². The van der Waals surface area contributed by atoms with E-state index in [1.807, 2.05) is 37.6 Å². The number of aryl methyl sites for hydroxylation is 2. The van der Waals surface area contributed by atoms with Crippen LogP contribution in [-0.2, 0) is 7.05 Å². The van der Waals surface area contributed by atoms with Crippen LogP contribution in [0.15, 0.2) is 35.3 Å². The first-order chi connectivity index (χ1) is 8.99. The number of benzene rings is 1. The molecule has 0 spiro atoms. The second-order valence-electron chi connectivity index (χ2n) is 4.52. The van der Waals surface area contributed by atoms with E-state index in [1.165, 1.54) is 0 Å². The van der Waals surface area contributed by atoms with Crippen LogP contribution in [0, 0.1) is 13.8 Å². The third-order valence-corrected chi connectivity index (χ3v) is 3.20. The van der Waals surface area contributed by atoms with Crippen LogP contribution in [0.3, 0.4) is 0 Å². The zero-order valence-electron chi connectivity index (χ0n) is 11.2. The lowest BCUT2D eigenvalue weighted by Crippen LogP contribution is -1.97. The number of carbonyl (C=O) groups is 1. The van der Waals surface area contributed by atoms with Gasteiger partial charge in [-0.15, -0.1) is 0 Å². The molecule has 1 N–H and O–H groups in total. The maximum atomic E-state index is 10.9. The number of carboxylic acids is 1. The molecule has 1 aromatic heterocycles. The van der Waals surface area contributed by atoms with Gasteiger partial charge < -0.3 is 9.67 Å². The molecule has 98 valence electrons. The smallest absolute Gasteiger partial charge is 0.335 e. The Bertz CT molecular complexity index is 654. The molecule has 4 heteroatoms. The lowest BCUT2D eigenvalue weighted by Gasteiger charge is -2.03. The number of aliphatic imine (C=N–C) groups is 1. The van der Waals surface area contributed by atoms with Gasteiger partial charge in [0.05, 0.1) is 23.2 Å². The molecule has 19 heavy (non-hydrogen) atoms. The predicted molar refractivity (Wildman–Crippen MR) is 75.5 cm³/mol. The summed E-state index contributed by atoms with van der Waals surface area (Å²) in [5, 5.41) is 8.98. The molecular formula is C15H16N2O2. The van der Waals surface area contributed by atoms with Crippen LogP contribution >= 0.6 is 0 Å². The number of hydrogen-bond acceptors (Lipinski definition) is 2. The minimum Gasteiger partial charge on any atom is -0.478 e. The SMILES string of the molecule is Cc1ccc(C(=O)O)cc1N=Cc1ccc(C)n1C. The summed E-state index contributed by atoms with van der Waals surface area (Å²) in [6.07, 6.45) is 1.75. The van der Waals surface area contributed by atoms with Crippen LogP contribution in [0.5, 0.6) is 0 Å². The van der Waals surface area contributed by atoms with Crippen molar-refractivity contribution in [3.05, 3.63) is 52.8 Å². The third kappa shape index (κ3) is 2.73. The van der Waals surface area contributed by atoms with Crippen molar-refractivity contribution in [2.75, 3.05) is 0 Å². The van der Waals surface area contributed by atoms with Gasteiger partial charge in [-0.2, -0.15) is 0 Å². The number of nitrogens with zero attached hydrogens (tertiary/aromatic N) is 2. The molecule has 1 aromatic carbocycles. The van der Waals surface area contributed by atoms with Gasteiger partial charge in [-0.05, 0) is 43.7 Å². The Morgan fingerprint density at radius 1 is 1.26 bits per heavy atom. The number of aromatic nitrogens is 1. The minimum absolute atomic E-state index is 0.251. The topological polar surface area (TPSA) is 54.6 Å². The standard InChI is InChI=1S/C15H16N2O2/c1-10-4-6-12(15(18)19)8-14(10)16-9-13-7-5-11(2)17(13)3/h4-9H,1-3H3,(H,18,19). The number of hydrogen-bond donors (Lipinski definition) is 1. The first kappa shape index (κ1) is 13.1. The molecule has 2 aromatic rings. The Hall–Kier alpha value is -2.36. The monoisotopic (exact) mass is 256 g/mol. The van der Waals surface area contributed by atoms with Crippen LogP contribution in [0.2, 0.25) is 0 Å². The Balaban J connectivity index is 2.35. The van der Waals surface area contributed by atoms with E-state index in [1.54, 1.807) is 24.4 Å². The molecular weight excluding hydrogens is 240 g/mol. The molecule has 0 radical (unpaired) electrons. The fourth-order valence-corrected chi connectivity index (χ4v) is 1.78. The molecule has 0 aliphatic carbocycles. The molecule has 2 rings (SSSR count). The quantitative estimate of drug-likeness (QED) is 0.858. The highest BCUT2D eigenvalue weighted by Crippen LogP contribution is 2.20. The van der Waals surface area contributed by atoms with Crippen molar-refractivity contribution in [1.82, 2.24) is 4.57 Å². The van der Waals surface area contributed by atoms with Gasteiger partial charge in [-0.3, -0.25) is 4.99 Å². The van der Waals surface area contributed by atoms with Gasteiger partial charge in [0.25, 0.3) is 0 Å². The second kappa shape index (κ2) is 5.10. The third-order valence-electron chi connectivity index (χ3n) is 3.20. The van der Waals surface area contributed by atoms with Crippen molar-refractivity contribution >= 4 is 17.9 Å². The first-order valence-electron chi connectivity index (χ1n) is 5.99. The molecule has 0 bridgehead atoms. The van der Waals surface area contributed by atoms with E-state index in [2.05, 4.69) is 4.99 Å². The molecule has 0 saturated carbocycles. The lowest BCUT2D eigenvalue weighted by atomic mass is 10.1. The van der Waals surface area contributed by atoms with Gasteiger partial charge in [0.1, 0.15) is 0 Å². The highest BCUT2D eigenvalue weighted by molar-refractivity contribution is 5.89. The summed E-state index contributed by atoms with van der Waals surface area (Å²) in [6, 6.07) is 8.94. The van der Waals surface area contributed by atoms with Crippen molar-refractivity contribution in [2.24, 2.45) is 12.0 Å². The van der Waals surface area contributed by atoms with E-state index in [0.29, 0.717) is 5.69 Å². The molecule has 0 amide bonds. The Morgan fingerprint density at radius 3 is 2.58 bits per heavy atom. The van der Waals surface area contributed by atoms with Gasteiger partial charge in [-0.1, -0.05) is 6.07 Å². The molecule has 0 atom stereocenters. The van der Waals surface area contributed by atoms with E-state index in [4.69, 9.17) is 5.11 Å². The van der Waals surface area contributed by atoms with E-state index in [0.717, 1.165) is 17.0 Å². The van der Waals surface area contributed by atoms with Crippen LogP contribution < -0.4 is 0 Å². The molecule has 0 saturated heterocycles. The normalized spacial score (nSPS) is 11.1. The van der Waals surface area contributed by atoms with Crippen LogP contribution in [0.25, 0.3) is 0 Å². The molecule has 0 unspecified atom stereocenters. The van der Waals surface area contributed by atoms with E-state index < -0.39 is 5.97 Å². The molecule has 0 fully saturated rings. The number of aromatic carboxylic acids is 1. The summed E-state index contributed by atoms with van der Waals surface area (Å²) in [4.78, 5) is 15.3. The van der Waals surface area contributed by atoms with Gasteiger partial charge in [0, 0.05) is 12.7 Å². The van der Waals surface area contributed by atoms with E-state index >= 15 is 0 Å². The largest absolute Gasteiger partial charge is 0.478 e. The van der Waals surface area contributed by atoms with Gasteiger partial charge >= 0.3 is 5.97 Å². The summed E-state index contributed by atoms with van der Waals surface area (Å²) in [6.45, 7) is 3.93. The van der Waals surface area contributed by atoms with Crippen LogP contribution in [0.1, 0.15) is 27.3 Å². The van der Waals surface area contributed by atoms with Crippen molar-refractivity contribution in [2.45, 2.75) is 13.8 Å². The summed E-state index contributed by atoms with van der Waals surface area (Å²) < 4.78 is 2.03. The van der Waals surface area contributed by atoms with Crippen molar-refractivity contribution in [3.8, 4) is 0 Å². The Kier molecular flexibility index (Phi) is 3.51. The van der Waals surface area contributed by atoms with Gasteiger partial charge in [-0.25, -0.2) is 4.79 Å². The van der Waals surface area contributed by atoms with Gasteiger partial charge in [0.15, 0.2) is 0 Å². The van der Waals surface area contributed by atoms with E-state index in [-0.39, 0.29) is 5.56 Å². The predicted octanol–water partition coefficient (Wildman–Crippen LogP) is 3.09. The molecule has 1 heterocycles. The highest BCUT2D eigenvalue weighted by Gasteiger charge is 2.05. The fraction of sp³-hybridized carbons (Fsp3) is 0.200. The summed E-state index contributed by atoms with van der Waals surface area (Å²) in [7, 11) is 1.97. The second-order valence-corrected chi connectivity index (χ2v) is 4.52. The fourth-order valence-electron chi connectivity index (χ4n) is 1.78. The Labute approximate surface area is 112 Å². The maximum Gasteiger partial charge on any atom is 0.335 e. The molecule has 0 aliphatic rings. The number of carboxylic acid groups (broad SMARTS) is 1. The van der Waals surface area contributed by atoms with Crippen molar-refractivity contribution in [3.63, 3.8) is 0 Å². The summed E-state index contributed by atoms with van der Waals surface area (Å²) in [5.74, 6) is -0.939. The van der Waals surface area contributed by atoms with Crippen LogP contribution in [-0.4, -0.2) is 21.9 Å². The lowest BCUT2D eigenvalue weighted by molar-refractivity contribution is 0.0697. The zero-order chi connectivity index (χ0) is 14.0. The first-order valence-corrected chi connectivity index (χ1v) is 5.99. The number of rotatable bonds is 3. The summed E-state index contributed by atoms with van der Waals surface area (Å²) >= 11 is 0.